The smallest absolute Gasteiger partial charge is 0.271 e. The van der Waals surface area contributed by atoms with Gasteiger partial charge < -0.3 is 5.32 Å². The first-order valence-corrected chi connectivity index (χ1v) is 6.83. The van der Waals surface area contributed by atoms with Crippen molar-refractivity contribution in [3.63, 3.8) is 0 Å². The van der Waals surface area contributed by atoms with E-state index < -0.39 is 0 Å². The summed E-state index contributed by atoms with van der Waals surface area (Å²) in [7, 11) is 0. The van der Waals surface area contributed by atoms with Gasteiger partial charge in [-0.15, -0.1) is 0 Å². The molecule has 2 atom stereocenters. The highest BCUT2D eigenvalue weighted by Gasteiger charge is 2.26. The number of carbonyl (C=O) groups excluding carboxylic acids is 1. The first kappa shape index (κ1) is 13.6. The summed E-state index contributed by atoms with van der Waals surface area (Å²) in [6.07, 6.45) is 5.31. The second-order valence-electron chi connectivity index (χ2n) is 5.49. The first-order chi connectivity index (χ1) is 9.10. The molecule has 1 saturated carbocycles. The van der Waals surface area contributed by atoms with Gasteiger partial charge in [-0.2, -0.15) is 10.4 Å². The normalized spacial score (nSPS) is 22.4. The predicted molar refractivity (Wildman–Crippen MR) is 71.4 cm³/mol. The molecule has 2 rings (SSSR count). The number of hydrogen-bond donors (Lipinski definition) is 1. The maximum absolute atomic E-state index is 12.0. The third-order valence-corrected chi connectivity index (χ3v) is 3.63. The van der Waals surface area contributed by atoms with Crippen LogP contribution in [0.2, 0.25) is 0 Å². The van der Waals surface area contributed by atoms with Gasteiger partial charge in [0, 0.05) is 24.7 Å². The van der Waals surface area contributed by atoms with Gasteiger partial charge in [0.2, 0.25) is 0 Å². The van der Waals surface area contributed by atoms with Gasteiger partial charge in [0.1, 0.15) is 5.69 Å². The van der Waals surface area contributed by atoms with Crippen LogP contribution in [0.15, 0.2) is 12.3 Å². The van der Waals surface area contributed by atoms with Crippen LogP contribution in [-0.2, 0) is 0 Å². The Labute approximate surface area is 113 Å². The Morgan fingerprint density at radius 2 is 2.42 bits per heavy atom. The molecule has 1 aromatic rings. The molecule has 1 amide bonds. The molecule has 5 heteroatoms. The summed E-state index contributed by atoms with van der Waals surface area (Å²) in [5.74, 6) is 0.325. The quantitative estimate of drug-likeness (QED) is 0.902. The lowest BCUT2D eigenvalue weighted by Crippen LogP contribution is -2.33. The average molecular weight is 260 g/mol. The first-order valence-electron chi connectivity index (χ1n) is 6.83. The third kappa shape index (κ3) is 3.34. The van der Waals surface area contributed by atoms with Crippen LogP contribution in [0.4, 0.5) is 0 Å². The van der Waals surface area contributed by atoms with E-state index in [-0.39, 0.29) is 18.0 Å². The summed E-state index contributed by atoms with van der Waals surface area (Å²) in [4.78, 5) is 12.0. The molecule has 19 heavy (non-hydrogen) atoms. The van der Waals surface area contributed by atoms with Gasteiger partial charge in [-0.1, -0.05) is 0 Å². The van der Waals surface area contributed by atoms with Gasteiger partial charge in [-0.25, -0.2) is 0 Å². The lowest BCUT2D eigenvalue weighted by atomic mass is 10.1. The summed E-state index contributed by atoms with van der Waals surface area (Å²) < 4.78 is 1.78. The van der Waals surface area contributed by atoms with Gasteiger partial charge in [0.05, 0.1) is 6.07 Å². The zero-order chi connectivity index (χ0) is 13.8. The largest absolute Gasteiger partial charge is 0.348 e. The number of aromatic nitrogens is 2. The monoisotopic (exact) mass is 260 g/mol. The molecule has 0 aliphatic heterocycles. The second-order valence-corrected chi connectivity index (χ2v) is 5.49. The number of amides is 1. The molecular formula is C14H20N4O. The molecule has 1 aromatic heterocycles. The fourth-order valence-electron chi connectivity index (χ4n) is 2.53. The van der Waals surface area contributed by atoms with E-state index in [9.17, 15) is 4.79 Å². The molecule has 0 spiro atoms. The molecule has 0 unspecified atom stereocenters. The average Bonchev–Trinajstić information content (AvgIpc) is 2.98. The SMILES string of the molecule is CC(C)n1ccc(C(=O)N[C@H]2CC[C@@H](CC#N)C2)n1. The molecule has 1 aliphatic rings. The third-order valence-electron chi connectivity index (χ3n) is 3.63. The lowest BCUT2D eigenvalue weighted by molar-refractivity contribution is 0.0931. The van der Waals surface area contributed by atoms with E-state index in [4.69, 9.17) is 5.26 Å². The fourth-order valence-corrected chi connectivity index (χ4v) is 2.53. The lowest BCUT2D eigenvalue weighted by Gasteiger charge is -2.11. The van der Waals surface area contributed by atoms with E-state index in [2.05, 4.69) is 16.5 Å². The minimum Gasteiger partial charge on any atom is -0.348 e. The van der Waals surface area contributed by atoms with Crippen LogP contribution in [0.1, 0.15) is 56.1 Å². The standard InChI is InChI=1S/C14H20N4O/c1-10(2)18-8-6-13(17-18)14(19)16-12-4-3-11(9-12)5-7-15/h6,8,10-12H,3-5,9H2,1-2H3,(H,16,19)/t11-,12-/m0/s1. The second kappa shape index (κ2) is 5.87. The zero-order valence-corrected chi connectivity index (χ0v) is 11.5. The van der Waals surface area contributed by atoms with Crippen LogP contribution in [0.5, 0.6) is 0 Å². The van der Waals surface area contributed by atoms with E-state index in [1.54, 1.807) is 10.7 Å². The Morgan fingerprint density at radius 3 is 3.05 bits per heavy atom. The highest BCUT2D eigenvalue weighted by Crippen LogP contribution is 2.27. The molecule has 102 valence electrons. The van der Waals surface area contributed by atoms with Crippen LogP contribution in [0.3, 0.4) is 0 Å². The minimum atomic E-state index is -0.109. The Bertz CT molecular complexity index is 486. The van der Waals surface area contributed by atoms with Crippen molar-refractivity contribution in [2.45, 2.75) is 51.6 Å². The summed E-state index contributed by atoms with van der Waals surface area (Å²) in [6, 6.07) is 4.40. The Morgan fingerprint density at radius 1 is 1.63 bits per heavy atom. The van der Waals surface area contributed by atoms with Gasteiger partial charge in [-0.3, -0.25) is 9.48 Å². The number of nitrogens with zero attached hydrogens (tertiary/aromatic N) is 3. The Kier molecular flexibility index (Phi) is 4.20. The molecule has 5 nitrogen and oxygen atoms in total. The van der Waals surface area contributed by atoms with Crippen molar-refractivity contribution >= 4 is 5.91 Å². The van der Waals surface area contributed by atoms with Gasteiger partial charge in [0.25, 0.3) is 5.91 Å². The Hall–Kier alpha value is -1.83. The van der Waals surface area contributed by atoms with Crippen molar-refractivity contribution in [3.05, 3.63) is 18.0 Å². The van der Waals surface area contributed by atoms with Crippen LogP contribution in [0, 0.1) is 17.2 Å². The molecule has 1 heterocycles. The van der Waals surface area contributed by atoms with Crippen LogP contribution in [0.25, 0.3) is 0 Å². The summed E-state index contributed by atoms with van der Waals surface area (Å²) in [6.45, 7) is 4.05. The van der Waals surface area contributed by atoms with Crippen molar-refractivity contribution in [3.8, 4) is 6.07 Å². The van der Waals surface area contributed by atoms with Crippen LogP contribution < -0.4 is 5.32 Å². The van der Waals surface area contributed by atoms with E-state index in [1.165, 1.54) is 0 Å². The predicted octanol–water partition coefficient (Wildman–Crippen LogP) is 2.28. The Balaban J connectivity index is 1.89. The molecular weight excluding hydrogens is 240 g/mol. The molecule has 0 saturated heterocycles. The topological polar surface area (TPSA) is 70.7 Å². The van der Waals surface area contributed by atoms with Gasteiger partial charge in [0.15, 0.2) is 0 Å². The van der Waals surface area contributed by atoms with Gasteiger partial charge in [-0.05, 0) is 45.1 Å². The van der Waals surface area contributed by atoms with E-state index in [1.807, 2.05) is 20.0 Å². The van der Waals surface area contributed by atoms with Crippen molar-refractivity contribution < 1.29 is 4.79 Å². The highest BCUT2D eigenvalue weighted by atomic mass is 16.2. The zero-order valence-electron chi connectivity index (χ0n) is 11.5. The minimum absolute atomic E-state index is 0.109. The molecule has 0 aromatic carbocycles. The van der Waals surface area contributed by atoms with Gasteiger partial charge >= 0.3 is 0 Å². The summed E-state index contributed by atoms with van der Waals surface area (Å²) in [5.41, 5.74) is 0.470. The van der Waals surface area contributed by atoms with Crippen molar-refractivity contribution in [1.82, 2.24) is 15.1 Å². The highest BCUT2D eigenvalue weighted by molar-refractivity contribution is 5.92. The molecule has 1 aliphatic carbocycles. The van der Waals surface area contributed by atoms with Crippen molar-refractivity contribution in [2.24, 2.45) is 5.92 Å². The van der Waals surface area contributed by atoms with Crippen molar-refractivity contribution in [1.29, 1.82) is 5.26 Å². The maximum Gasteiger partial charge on any atom is 0.271 e. The molecule has 0 radical (unpaired) electrons. The molecule has 1 N–H and O–H groups in total. The molecule has 1 fully saturated rings. The van der Waals surface area contributed by atoms with E-state index in [0.29, 0.717) is 18.0 Å². The van der Waals surface area contributed by atoms with E-state index in [0.717, 1.165) is 19.3 Å². The van der Waals surface area contributed by atoms with E-state index >= 15 is 0 Å². The maximum atomic E-state index is 12.0. The summed E-state index contributed by atoms with van der Waals surface area (Å²) >= 11 is 0. The number of rotatable bonds is 4. The number of nitrogens with one attached hydrogen (secondary N) is 1. The summed E-state index contributed by atoms with van der Waals surface area (Å²) in [5, 5.41) is 15.9. The number of carbonyl (C=O) groups is 1. The molecule has 0 bridgehead atoms. The number of hydrogen-bond acceptors (Lipinski definition) is 3. The number of nitriles is 1. The van der Waals surface area contributed by atoms with Crippen LogP contribution >= 0.6 is 0 Å². The van der Waals surface area contributed by atoms with Crippen LogP contribution in [-0.4, -0.2) is 21.7 Å². The van der Waals surface area contributed by atoms with Crippen molar-refractivity contribution in [2.75, 3.05) is 0 Å². The fraction of sp³-hybridized carbons (Fsp3) is 0.643.